The van der Waals surface area contributed by atoms with Crippen molar-refractivity contribution in [2.24, 2.45) is 0 Å². The van der Waals surface area contributed by atoms with Gasteiger partial charge in [0, 0.05) is 164 Å². The van der Waals surface area contributed by atoms with E-state index < -0.39 is 0 Å². The van der Waals surface area contributed by atoms with E-state index in [1.165, 1.54) is 0 Å². The average Bonchev–Trinajstić information content (AvgIpc) is 1.58. The third-order valence-corrected chi connectivity index (χ3v) is 24.1. The molecule has 11 N–H and O–H groups in total. The number of Topliss-reactive ketones (excluding diaryl/α,β-unsaturated/α-hetero) is 2. The van der Waals surface area contributed by atoms with Crippen molar-refractivity contribution in [1.29, 1.82) is 0 Å². The molecule has 0 radical (unpaired) electrons. The summed E-state index contributed by atoms with van der Waals surface area (Å²) in [5, 5.41) is 60.2. The number of nitrogens with two attached hydrogens (primary N) is 1. The SMILES string of the molecule is Cc1cccc2c(O)cc3c(c12)[C@H](CCl)CN3C(=O)c1cc2cc(CC(=O)c3ccc(N)cc3)cnc2[nH]1.Cc1cccc2c(O)cc3c(c12)[C@H](CCl)CN3C(=O)c1cc2cc(CC(=O)c3ccc(OCCOCCO)cc3)cnc2[nH]1.Cc1cccc2c(O)cc3c(c12)[C@H](CCl)CN3C(=O)c1cc2cc(NC(=O)c3cccc(OCCOCCO)c3)ccc2[nH]1. The lowest BCUT2D eigenvalue weighted by molar-refractivity contribution is 0.0705. The molecule has 0 fully saturated rings. The molecule has 10 aromatic carbocycles. The first kappa shape index (κ1) is 86.2. The Labute approximate surface area is 738 Å². The van der Waals surface area contributed by atoms with Crippen molar-refractivity contribution in [2.45, 2.75) is 51.4 Å². The number of carbonyl (C=O) groups is 6. The molecule has 5 aromatic heterocycles. The van der Waals surface area contributed by atoms with E-state index in [9.17, 15) is 44.1 Å². The number of fused-ring (bicyclic) bond motifs is 12. The highest BCUT2D eigenvalue weighted by atomic mass is 35.5. The van der Waals surface area contributed by atoms with Gasteiger partial charge in [-0.3, -0.25) is 28.8 Å². The van der Waals surface area contributed by atoms with Crippen molar-refractivity contribution >= 4 is 164 Å². The molecule has 8 heterocycles. The molecule has 0 unspecified atom stereocenters. The zero-order valence-corrected chi connectivity index (χ0v) is 71.2. The molecule has 15 aromatic rings. The smallest absolute Gasteiger partial charge is 0.274 e. The summed E-state index contributed by atoms with van der Waals surface area (Å²) in [7, 11) is 0. The van der Waals surface area contributed by atoms with E-state index in [-0.39, 0.29) is 109 Å². The van der Waals surface area contributed by atoms with Crippen LogP contribution in [0.5, 0.6) is 28.7 Å². The second-order valence-corrected chi connectivity index (χ2v) is 32.3. The number of aromatic amines is 3. The first-order valence-electron chi connectivity index (χ1n) is 41.1. The van der Waals surface area contributed by atoms with Crippen LogP contribution in [0.15, 0.2) is 207 Å². The van der Waals surface area contributed by atoms with E-state index >= 15 is 0 Å². The number of phenolic OH excluding ortho intramolecular Hbond substituents is 3. The number of aliphatic hydroxyl groups is 2. The van der Waals surface area contributed by atoms with Crippen LogP contribution in [0.3, 0.4) is 0 Å². The molecule has 25 nitrogen and oxygen atoms in total. The Hall–Kier alpha value is -13.4. The van der Waals surface area contributed by atoms with Crippen LogP contribution in [-0.4, -0.2) is 176 Å². The number of hydrogen-bond acceptors (Lipinski definition) is 18. The third kappa shape index (κ3) is 17.8. The molecule has 0 spiro atoms. The number of H-pyrrole nitrogens is 3. The van der Waals surface area contributed by atoms with E-state index in [1.807, 2.05) is 99.6 Å². The van der Waals surface area contributed by atoms with Crippen LogP contribution in [-0.2, 0) is 22.3 Å². The molecule has 3 aliphatic rings. The Bertz CT molecular complexity index is 6730. The highest BCUT2D eigenvalue weighted by Gasteiger charge is 2.40. The van der Waals surface area contributed by atoms with Gasteiger partial charge in [0.15, 0.2) is 11.6 Å². The number of nitrogen functional groups attached to an aromatic ring is 1. The Morgan fingerprint density at radius 1 is 0.444 bits per heavy atom. The van der Waals surface area contributed by atoms with Crippen molar-refractivity contribution < 1.29 is 73.2 Å². The van der Waals surface area contributed by atoms with Gasteiger partial charge in [-0.25, -0.2) is 9.97 Å². The van der Waals surface area contributed by atoms with Gasteiger partial charge in [-0.15, -0.1) is 34.8 Å². The summed E-state index contributed by atoms with van der Waals surface area (Å²) in [5.41, 5.74) is 20.9. The normalized spacial score (nSPS) is 14.4. The Morgan fingerprint density at radius 3 is 1.29 bits per heavy atom. The van der Waals surface area contributed by atoms with E-state index in [2.05, 4.69) is 30.2 Å². The molecule has 0 saturated heterocycles. The van der Waals surface area contributed by atoms with E-state index in [0.29, 0.717) is 149 Å². The lowest BCUT2D eigenvalue weighted by Crippen LogP contribution is -2.30. The Morgan fingerprint density at radius 2 is 0.857 bits per heavy atom. The summed E-state index contributed by atoms with van der Waals surface area (Å²) in [5.74, 6) is 1.22. The third-order valence-electron chi connectivity index (χ3n) is 23.0. The van der Waals surface area contributed by atoms with Gasteiger partial charge >= 0.3 is 0 Å². The minimum Gasteiger partial charge on any atom is -0.507 e. The van der Waals surface area contributed by atoms with Gasteiger partial charge in [0.1, 0.15) is 70.3 Å². The van der Waals surface area contributed by atoms with Crippen molar-refractivity contribution in [1.82, 2.24) is 24.9 Å². The van der Waals surface area contributed by atoms with Gasteiger partial charge in [0.25, 0.3) is 23.6 Å². The first-order valence-corrected chi connectivity index (χ1v) is 42.7. The number of aromatic nitrogens is 5. The fraction of sp³-hybridized carbons (Fsp3) is 0.224. The highest BCUT2D eigenvalue weighted by Crippen LogP contribution is 2.50. The monoisotopic (exact) mass is 1750 g/mol. The minimum absolute atomic E-state index is 0.0324. The molecule has 126 heavy (non-hydrogen) atoms. The zero-order chi connectivity index (χ0) is 88.1. The average molecular weight is 1750 g/mol. The van der Waals surface area contributed by atoms with Crippen molar-refractivity contribution in [3.63, 3.8) is 0 Å². The number of aryl methyl sites for hydroxylation is 3. The number of nitrogens with zero attached hydrogens (tertiary/aromatic N) is 5. The van der Waals surface area contributed by atoms with Crippen molar-refractivity contribution in [3.05, 3.63) is 285 Å². The predicted molar refractivity (Wildman–Crippen MR) is 492 cm³/mol. The minimum atomic E-state index is -0.304. The topological polar surface area (TPSA) is 361 Å². The van der Waals surface area contributed by atoms with E-state index in [4.69, 9.17) is 69.7 Å². The highest BCUT2D eigenvalue weighted by molar-refractivity contribution is 6.21. The van der Waals surface area contributed by atoms with Gasteiger partial charge in [0.05, 0.1) is 56.7 Å². The number of aromatic hydroxyl groups is 3. The molecule has 3 aliphatic heterocycles. The number of hydrogen-bond donors (Lipinski definition) is 10. The number of ether oxygens (including phenoxy) is 4. The number of carbonyl (C=O) groups excluding carboxylic acids is 6. The molecular formula is C98H89Cl3N10O15. The quantitative estimate of drug-likeness (QED) is 0.0104. The number of alkyl halides is 3. The molecule has 642 valence electrons. The van der Waals surface area contributed by atoms with Crippen LogP contribution < -0.4 is 35.2 Å². The van der Waals surface area contributed by atoms with Gasteiger partial charge in [0.2, 0.25) is 0 Å². The maximum absolute atomic E-state index is 13.8. The molecule has 28 heteroatoms. The summed E-state index contributed by atoms with van der Waals surface area (Å²) >= 11 is 19.2. The largest absolute Gasteiger partial charge is 0.507 e. The fourth-order valence-corrected chi connectivity index (χ4v) is 17.8. The maximum atomic E-state index is 13.8. The van der Waals surface area contributed by atoms with Crippen LogP contribution in [0.2, 0.25) is 0 Å². The molecule has 4 amide bonds. The van der Waals surface area contributed by atoms with Crippen molar-refractivity contribution in [3.8, 4) is 28.7 Å². The van der Waals surface area contributed by atoms with Crippen LogP contribution in [0, 0.1) is 20.8 Å². The van der Waals surface area contributed by atoms with Gasteiger partial charge in [-0.2, -0.15) is 0 Å². The van der Waals surface area contributed by atoms with Gasteiger partial charge in [-0.05, 0) is 197 Å². The number of benzene rings is 10. The molecular weight excluding hydrogens is 1660 g/mol. The predicted octanol–water partition coefficient (Wildman–Crippen LogP) is 17.2. The van der Waals surface area contributed by atoms with E-state index in [1.54, 1.807) is 142 Å². The fourth-order valence-electron chi connectivity index (χ4n) is 17.0. The van der Waals surface area contributed by atoms with Crippen LogP contribution in [0.1, 0.15) is 125 Å². The summed E-state index contributed by atoms with van der Waals surface area (Å²) in [6, 6.07) is 57.3. The van der Waals surface area contributed by atoms with E-state index in [0.717, 1.165) is 98.5 Å². The van der Waals surface area contributed by atoms with Crippen LogP contribution in [0.4, 0.5) is 28.4 Å². The zero-order valence-electron chi connectivity index (χ0n) is 68.9. The summed E-state index contributed by atoms with van der Waals surface area (Å²) in [6.07, 6.45) is 3.61. The second-order valence-electron chi connectivity index (χ2n) is 31.4. The molecule has 0 bridgehead atoms. The summed E-state index contributed by atoms with van der Waals surface area (Å²) < 4.78 is 21.6. The summed E-state index contributed by atoms with van der Waals surface area (Å²) in [4.78, 5) is 104. The summed E-state index contributed by atoms with van der Waals surface area (Å²) in [6.45, 7) is 8.96. The number of rotatable bonds is 26. The molecule has 0 aliphatic carbocycles. The van der Waals surface area contributed by atoms with Crippen LogP contribution in [0.25, 0.3) is 65.3 Å². The number of ketones is 2. The second kappa shape index (κ2) is 37.6. The number of pyridine rings is 2. The molecule has 3 atom stereocenters. The number of halogens is 3. The van der Waals surface area contributed by atoms with Gasteiger partial charge < -0.3 is 85.2 Å². The molecule has 0 saturated carbocycles. The van der Waals surface area contributed by atoms with Gasteiger partial charge in [-0.1, -0.05) is 60.7 Å². The number of anilines is 5. The molecule has 18 rings (SSSR count). The number of amides is 4. The lowest BCUT2D eigenvalue weighted by atomic mass is 9.92. The standard InChI is InChI=1S/2C34H32ClN3O6.C30H25ClN4O3/c1-20-4-2-7-26-30(40)17-29-32(31(20)26)23(18-35)19-38(29)34(42)28-16-22-14-24(8-9-27(22)37-28)36-33(41)21-5-3-6-25(15-21)44-13-12-43-11-10-39;1-20-3-2-4-26-30(41)16-28-32(31(20)26)24(17-35)19-38(28)34(42)27-15-23-13-21(18-36-33(23)37-27)14-29(40)22-5-7-25(8-6-22)44-12-11-43-10-9-39;1-16-3-2-4-22-26(37)12-24-28(27(16)22)20(13-31)15-35(24)30(38)23-11-19-9-17(14-33-29(19)34-23)10-25(36)18-5-7-21(32)8-6-18/h2-9,14-17,23,37,39-40H,10-13,18-19H2,1H3,(H,36,41);2-8,13,15-16,18,24,39,41H,9-12,14,17,19H2,1H3,(H,36,37);2-9,11-12,14,20,37H,10,13,15,32H2,1H3,(H,33,34)/t23-;24-;20-/m111/s1. The number of nitrogens with one attached hydrogen (secondary N) is 4. The first-order chi connectivity index (χ1) is 61.1. The maximum Gasteiger partial charge on any atom is 0.274 e. The Balaban J connectivity index is 0.000000140. The van der Waals surface area contributed by atoms with Crippen molar-refractivity contribution in [2.75, 3.05) is 116 Å². The van der Waals surface area contributed by atoms with Crippen LogP contribution >= 0.6 is 34.8 Å². The lowest BCUT2D eigenvalue weighted by Gasteiger charge is -2.18. The number of aliphatic hydroxyl groups excluding tert-OH is 2. The Kier molecular flexibility index (Phi) is 25.7. The number of phenols is 3.